The number of amidine groups is 1. The standard InChI is InChI=1S/C21H26N4O2S/c1-4-6-15(2)22-13-16-9-11-17(12-10-16)18-7-5-8-19(28(3,26)27)20(18)21-23-14-24-25-21/h5,7-12,15,22H,4,6,13-14H2,1-3H3. The molecule has 6 nitrogen and oxygen atoms in total. The zero-order valence-electron chi connectivity index (χ0n) is 16.5. The predicted molar refractivity (Wildman–Crippen MR) is 112 cm³/mol. The number of benzene rings is 2. The summed E-state index contributed by atoms with van der Waals surface area (Å²) in [5.74, 6) is 0.371. The van der Waals surface area contributed by atoms with E-state index in [1.54, 1.807) is 12.1 Å². The summed E-state index contributed by atoms with van der Waals surface area (Å²) in [6.45, 7) is 5.41. The average Bonchev–Trinajstić information content (AvgIpc) is 3.20. The zero-order valence-corrected chi connectivity index (χ0v) is 17.3. The molecule has 2 aromatic carbocycles. The Hall–Kier alpha value is -2.38. The van der Waals surface area contributed by atoms with Crippen LogP contribution in [-0.4, -0.2) is 33.2 Å². The molecule has 2 aromatic rings. The quantitative estimate of drug-likeness (QED) is 0.723. The molecule has 1 heterocycles. The Morgan fingerprint density at radius 1 is 1.14 bits per heavy atom. The van der Waals surface area contributed by atoms with Gasteiger partial charge in [0.25, 0.3) is 0 Å². The van der Waals surface area contributed by atoms with Crippen LogP contribution in [0, 0.1) is 0 Å². The number of rotatable bonds is 8. The molecular weight excluding hydrogens is 372 g/mol. The number of azo groups is 1. The molecule has 0 bridgehead atoms. The lowest BCUT2D eigenvalue weighted by atomic mass is 9.98. The van der Waals surface area contributed by atoms with Gasteiger partial charge in [-0.25, -0.2) is 13.4 Å². The molecule has 0 aromatic heterocycles. The second-order valence-corrected chi connectivity index (χ2v) is 9.07. The Morgan fingerprint density at radius 2 is 1.89 bits per heavy atom. The van der Waals surface area contributed by atoms with E-state index in [1.807, 2.05) is 18.2 Å². The lowest BCUT2D eigenvalue weighted by molar-refractivity contribution is 0.508. The van der Waals surface area contributed by atoms with E-state index < -0.39 is 9.84 Å². The SMILES string of the molecule is CCCC(C)NCc1ccc(-c2cccc(S(C)(=O)=O)c2C2=NCN=N2)cc1. The number of hydrogen-bond donors (Lipinski definition) is 1. The maximum absolute atomic E-state index is 12.3. The van der Waals surface area contributed by atoms with Gasteiger partial charge in [0.2, 0.25) is 0 Å². The first-order valence-corrected chi connectivity index (χ1v) is 11.4. The van der Waals surface area contributed by atoms with Crippen molar-refractivity contribution in [1.29, 1.82) is 0 Å². The summed E-state index contributed by atoms with van der Waals surface area (Å²) in [6.07, 6.45) is 3.51. The maximum atomic E-state index is 12.3. The summed E-state index contributed by atoms with van der Waals surface area (Å²) in [5.41, 5.74) is 3.43. The summed E-state index contributed by atoms with van der Waals surface area (Å²) in [4.78, 5) is 4.48. The van der Waals surface area contributed by atoms with Crippen molar-refractivity contribution >= 4 is 15.7 Å². The van der Waals surface area contributed by atoms with Gasteiger partial charge in [-0.05, 0) is 36.1 Å². The topological polar surface area (TPSA) is 83.2 Å². The minimum Gasteiger partial charge on any atom is -0.310 e. The van der Waals surface area contributed by atoms with Gasteiger partial charge >= 0.3 is 0 Å². The van der Waals surface area contributed by atoms with Crippen LogP contribution in [0.25, 0.3) is 11.1 Å². The summed E-state index contributed by atoms with van der Waals surface area (Å²) < 4.78 is 24.6. The highest BCUT2D eigenvalue weighted by Gasteiger charge is 2.23. The highest BCUT2D eigenvalue weighted by Crippen LogP contribution is 2.31. The van der Waals surface area contributed by atoms with Crippen molar-refractivity contribution in [3.8, 4) is 11.1 Å². The van der Waals surface area contributed by atoms with Gasteiger partial charge in [0, 0.05) is 24.4 Å². The molecule has 0 spiro atoms. The summed E-state index contributed by atoms with van der Waals surface area (Å²) in [7, 11) is -3.43. The van der Waals surface area contributed by atoms with E-state index in [0.717, 1.165) is 30.5 Å². The molecule has 1 unspecified atom stereocenters. The van der Waals surface area contributed by atoms with E-state index >= 15 is 0 Å². The number of nitrogens with zero attached hydrogens (tertiary/aromatic N) is 3. The Balaban J connectivity index is 1.94. The second-order valence-electron chi connectivity index (χ2n) is 7.08. The van der Waals surface area contributed by atoms with Gasteiger partial charge in [-0.15, -0.1) is 5.11 Å². The highest BCUT2D eigenvalue weighted by atomic mass is 32.2. The van der Waals surface area contributed by atoms with E-state index in [1.165, 1.54) is 11.8 Å². The van der Waals surface area contributed by atoms with E-state index in [-0.39, 0.29) is 11.6 Å². The molecule has 3 rings (SSSR count). The van der Waals surface area contributed by atoms with Gasteiger partial charge in [0.15, 0.2) is 22.3 Å². The molecule has 28 heavy (non-hydrogen) atoms. The van der Waals surface area contributed by atoms with Crippen LogP contribution in [0.1, 0.15) is 37.8 Å². The first-order valence-electron chi connectivity index (χ1n) is 9.48. The number of sulfone groups is 1. The molecule has 1 atom stereocenters. The van der Waals surface area contributed by atoms with Crippen LogP contribution in [0.3, 0.4) is 0 Å². The van der Waals surface area contributed by atoms with Crippen LogP contribution >= 0.6 is 0 Å². The third kappa shape index (κ3) is 4.72. The minimum atomic E-state index is -3.43. The number of hydrogen-bond acceptors (Lipinski definition) is 6. The van der Waals surface area contributed by atoms with Gasteiger partial charge < -0.3 is 5.32 Å². The Kier molecular flexibility index (Phi) is 6.36. The highest BCUT2D eigenvalue weighted by molar-refractivity contribution is 7.90. The fourth-order valence-corrected chi connectivity index (χ4v) is 4.20. The van der Waals surface area contributed by atoms with Crippen molar-refractivity contribution in [3.63, 3.8) is 0 Å². The lowest BCUT2D eigenvalue weighted by Crippen LogP contribution is -2.24. The van der Waals surface area contributed by atoms with E-state index in [2.05, 4.69) is 46.5 Å². The fourth-order valence-electron chi connectivity index (χ4n) is 3.30. The van der Waals surface area contributed by atoms with Gasteiger partial charge in [0.1, 0.15) is 0 Å². The van der Waals surface area contributed by atoms with Gasteiger partial charge in [0.05, 0.1) is 4.90 Å². The maximum Gasteiger partial charge on any atom is 0.180 e. The smallest absolute Gasteiger partial charge is 0.180 e. The van der Waals surface area contributed by atoms with Crippen molar-refractivity contribution in [1.82, 2.24) is 5.32 Å². The number of nitrogens with one attached hydrogen (secondary N) is 1. The van der Waals surface area contributed by atoms with Gasteiger partial charge in [-0.1, -0.05) is 49.7 Å². The van der Waals surface area contributed by atoms with Gasteiger partial charge in [-0.3, -0.25) is 0 Å². The number of aliphatic imine (C=N–C) groups is 1. The molecule has 1 N–H and O–H groups in total. The van der Waals surface area contributed by atoms with Crippen molar-refractivity contribution in [2.45, 2.75) is 44.2 Å². The summed E-state index contributed by atoms with van der Waals surface area (Å²) in [6, 6.07) is 13.9. The molecule has 1 aliphatic rings. The molecular formula is C21H26N4O2S. The molecule has 7 heteroatoms. The normalized spacial score (nSPS) is 14.9. The first kappa shape index (κ1) is 20.4. The molecule has 148 valence electrons. The Morgan fingerprint density at radius 3 is 2.50 bits per heavy atom. The first-order chi connectivity index (χ1) is 13.4. The Labute approximate surface area is 166 Å². The van der Waals surface area contributed by atoms with Crippen LogP contribution < -0.4 is 5.32 Å². The van der Waals surface area contributed by atoms with Crippen LogP contribution in [0.2, 0.25) is 0 Å². The third-order valence-electron chi connectivity index (χ3n) is 4.74. The molecule has 0 radical (unpaired) electrons. The van der Waals surface area contributed by atoms with Crippen LogP contribution in [0.5, 0.6) is 0 Å². The third-order valence-corrected chi connectivity index (χ3v) is 5.88. The molecule has 0 fully saturated rings. The predicted octanol–water partition coefficient (Wildman–Crippen LogP) is 4.21. The molecule has 0 saturated carbocycles. The molecule has 0 aliphatic carbocycles. The van der Waals surface area contributed by atoms with Crippen LogP contribution in [0.15, 0.2) is 62.6 Å². The van der Waals surface area contributed by atoms with E-state index in [0.29, 0.717) is 17.4 Å². The average molecular weight is 399 g/mol. The molecule has 0 saturated heterocycles. The second kappa shape index (κ2) is 8.75. The lowest BCUT2D eigenvalue weighted by Gasteiger charge is -2.14. The fraction of sp³-hybridized carbons (Fsp3) is 0.381. The van der Waals surface area contributed by atoms with Crippen molar-refractivity contribution < 1.29 is 8.42 Å². The minimum absolute atomic E-state index is 0.226. The van der Waals surface area contributed by atoms with Crippen molar-refractivity contribution in [3.05, 3.63) is 53.6 Å². The largest absolute Gasteiger partial charge is 0.310 e. The van der Waals surface area contributed by atoms with E-state index in [9.17, 15) is 8.42 Å². The van der Waals surface area contributed by atoms with Crippen LogP contribution in [-0.2, 0) is 16.4 Å². The summed E-state index contributed by atoms with van der Waals surface area (Å²) >= 11 is 0. The van der Waals surface area contributed by atoms with Crippen molar-refractivity contribution in [2.24, 2.45) is 15.2 Å². The van der Waals surface area contributed by atoms with Crippen molar-refractivity contribution in [2.75, 3.05) is 12.9 Å². The molecule has 1 aliphatic heterocycles. The monoisotopic (exact) mass is 398 g/mol. The van der Waals surface area contributed by atoms with Gasteiger partial charge in [-0.2, -0.15) is 5.11 Å². The Bertz CT molecular complexity index is 996. The van der Waals surface area contributed by atoms with E-state index in [4.69, 9.17) is 0 Å². The zero-order chi connectivity index (χ0) is 20.1. The summed E-state index contributed by atoms with van der Waals surface area (Å²) in [5, 5.41) is 11.5. The van der Waals surface area contributed by atoms with Crippen LogP contribution in [0.4, 0.5) is 0 Å². The molecule has 0 amide bonds.